The van der Waals surface area contributed by atoms with Gasteiger partial charge in [-0.2, -0.15) is 0 Å². The second-order valence-corrected chi connectivity index (χ2v) is 7.23. The first-order chi connectivity index (χ1) is 13.5. The number of amides is 1. The molecule has 2 bridgehead atoms. The number of rotatable bonds is 3. The molecule has 2 aromatic rings. The first-order valence-corrected chi connectivity index (χ1v) is 9.59. The van der Waals surface area contributed by atoms with E-state index in [2.05, 4.69) is 4.98 Å². The highest BCUT2D eigenvalue weighted by molar-refractivity contribution is 5.89. The summed E-state index contributed by atoms with van der Waals surface area (Å²) in [6.45, 7) is 1.87. The number of para-hydroxylation sites is 2. The van der Waals surface area contributed by atoms with Crippen molar-refractivity contribution in [1.82, 2.24) is 14.5 Å². The molecular formula is C20H23N3O5. The van der Waals surface area contributed by atoms with Gasteiger partial charge in [-0.05, 0) is 44.7 Å². The van der Waals surface area contributed by atoms with E-state index in [1.54, 1.807) is 22.5 Å². The van der Waals surface area contributed by atoms with Crippen LogP contribution in [0.3, 0.4) is 0 Å². The van der Waals surface area contributed by atoms with Crippen LogP contribution in [0.1, 0.15) is 49.1 Å². The summed E-state index contributed by atoms with van der Waals surface area (Å²) in [6.07, 6.45) is 2.74. The quantitative estimate of drug-likeness (QED) is 0.754. The molecular weight excluding hydrogens is 362 g/mol. The van der Waals surface area contributed by atoms with E-state index in [1.807, 2.05) is 18.2 Å². The normalized spacial score (nSPS) is 23.6. The first-order valence-electron chi connectivity index (χ1n) is 9.59. The van der Waals surface area contributed by atoms with Crippen LogP contribution < -0.4 is 5.56 Å². The van der Waals surface area contributed by atoms with Crippen LogP contribution in [0.5, 0.6) is 0 Å². The van der Waals surface area contributed by atoms with Crippen molar-refractivity contribution >= 4 is 23.1 Å². The number of ether oxygens (including phenoxy) is 2. The molecule has 2 fully saturated rings. The van der Waals surface area contributed by atoms with Gasteiger partial charge in [0.2, 0.25) is 5.69 Å². The lowest BCUT2D eigenvalue weighted by Crippen LogP contribution is -2.48. The lowest BCUT2D eigenvalue weighted by molar-refractivity contribution is 0.0516. The Balaban J connectivity index is 1.79. The lowest BCUT2D eigenvalue weighted by Gasteiger charge is -2.38. The van der Waals surface area contributed by atoms with E-state index in [-0.39, 0.29) is 36.5 Å². The highest BCUT2D eigenvalue weighted by atomic mass is 16.5. The van der Waals surface area contributed by atoms with Gasteiger partial charge in [-0.25, -0.2) is 14.6 Å². The first kappa shape index (κ1) is 18.5. The van der Waals surface area contributed by atoms with Crippen LogP contribution >= 0.6 is 0 Å². The second-order valence-electron chi connectivity index (χ2n) is 7.23. The highest BCUT2D eigenvalue weighted by Gasteiger charge is 2.45. The zero-order chi connectivity index (χ0) is 19.8. The Bertz CT molecular complexity index is 971. The molecule has 0 spiro atoms. The van der Waals surface area contributed by atoms with Gasteiger partial charge in [-0.3, -0.25) is 4.79 Å². The number of piperidine rings is 1. The minimum Gasteiger partial charge on any atom is -0.461 e. The molecule has 4 rings (SSSR count). The third-order valence-corrected chi connectivity index (χ3v) is 5.72. The van der Waals surface area contributed by atoms with Crippen LogP contribution in [0.2, 0.25) is 0 Å². The van der Waals surface area contributed by atoms with E-state index in [9.17, 15) is 14.4 Å². The fourth-order valence-corrected chi connectivity index (χ4v) is 4.61. The standard InChI is InChI=1S/C20H23N3O5/c1-3-28-19(25)17-18(24)23(16-7-5-4-6-15(16)21-17)14-10-12-8-9-13(11-14)22(12)20(26)27-2/h4-7,12-14H,3,8-11H2,1-2H3/t12-,13+,14?. The van der Waals surface area contributed by atoms with Gasteiger partial charge in [-0.1, -0.05) is 12.1 Å². The van der Waals surface area contributed by atoms with E-state index >= 15 is 0 Å². The van der Waals surface area contributed by atoms with Gasteiger partial charge in [0.05, 0.1) is 24.8 Å². The average molecular weight is 385 g/mol. The van der Waals surface area contributed by atoms with Gasteiger partial charge in [-0.15, -0.1) is 0 Å². The minimum atomic E-state index is -0.707. The summed E-state index contributed by atoms with van der Waals surface area (Å²) in [5.41, 5.74) is 0.640. The van der Waals surface area contributed by atoms with Crippen molar-refractivity contribution in [2.75, 3.05) is 13.7 Å². The van der Waals surface area contributed by atoms with Crippen LogP contribution in [0.15, 0.2) is 29.1 Å². The summed E-state index contributed by atoms with van der Waals surface area (Å²) in [5.74, 6) is -0.707. The lowest BCUT2D eigenvalue weighted by atomic mass is 9.97. The highest BCUT2D eigenvalue weighted by Crippen LogP contribution is 2.41. The maximum atomic E-state index is 13.2. The number of carbonyl (C=O) groups excluding carboxylic acids is 2. The molecule has 1 aromatic heterocycles. The maximum Gasteiger partial charge on any atom is 0.409 e. The van der Waals surface area contributed by atoms with Gasteiger partial charge >= 0.3 is 12.1 Å². The van der Waals surface area contributed by atoms with Crippen molar-refractivity contribution in [3.8, 4) is 0 Å². The monoisotopic (exact) mass is 385 g/mol. The van der Waals surface area contributed by atoms with Crippen molar-refractivity contribution in [2.45, 2.75) is 50.7 Å². The molecule has 28 heavy (non-hydrogen) atoms. The number of benzene rings is 1. The van der Waals surface area contributed by atoms with Gasteiger partial charge < -0.3 is 18.9 Å². The number of hydrogen-bond donors (Lipinski definition) is 0. The molecule has 148 valence electrons. The van der Waals surface area contributed by atoms with Crippen LogP contribution in [0.4, 0.5) is 4.79 Å². The van der Waals surface area contributed by atoms with Crippen molar-refractivity contribution in [1.29, 1.82) is 0 Å². The summed E-state index contributed by atoms with van der Waals surface area (Å²) in [7, 11) is 1.39. The fraction of sp³-hybridized carbons (Fsp3) is 0.500. The van der Waals surface area contributed by atoms with Crippen molar-refractivity contribution < 1.29 is 19.1 Å². The Morgan fingerprint density at radius 2 is 1.82 bits per heavy atom. The molecule has 1 amide bonds. The Morgan fingerprint density at radius 1 is 1.14 bits per heavy atom. The molecule has 3 atom stereocenters. The molecule has 0 N–H and O–H groups in total. The molecule has 2 aliphatic rings. The summed E-state index contributed by atoms with van der Waals surface area (Å²) in [4.78, 5) is 43.7. The number of fused-ring (bicyclic) bond motifs is 3. The summed E-state index contributed by atoms with van der Waals surface area (Å²) < 4.78 is 11.6. The van der Waals surface area contributed by atoms with Crippen molar-refractivity contribution in [3.63, 3.8) is 0 Å². The van der Waals surface area contributed by atoms with E-state index in [4.69, 9.17) is 9.47 Å². The average Bonchev–Trinajstić information content (AvgIpc) is 2.96. The van der Waals surface area contributed by atoms with Gasteiger partial charge in [0.15, 0.2) is 0 Å². The maximum absolute atomic E-state index is 13.2. The number of esters is 1. The second kappa shape index (κ2) is 7.26. The Kier molecular flexibility index (Phi) is 4.78. The molecule has 2 aliphatic heterocycles. The predicted octanol–water partition coefficient (Wildman–Crippen LogP) is 2.51. The number of hydrogen-bond acceptors (Lipinski definition) is 6. The molecule has 3 heterocycles. The molecule has 8 heteroatoms. The van der Waals surface area contributed by atoms with Crippen molar-refractivity contribution in [2.24, 2.45) is 0 Å². The zero-order valence-electron chi connectivity index (χ0n) is 16.0. The third kappa shape index (κ3) is 2.93. The van der Waals surface area contributed by atoms with Crippen LogP contribution in [0.25, 0.3) is 11.0 Å². The largest absolute Gasteiger partial charge is 0.461 e. The van der Waals surface area contributed by atoms with Gasteiger partial charge in [0.25, 0.3) is 5.56 Å². The number of nitrogens with zero attached hydrogens (tertiary/aromatic N) is 3. The minimum absolute atomic E-state index is 0.0288. The third-order valence-electron chi connectivity index (χ3n) is 5.72. The summed E-state index contributed by atoms with van der Waals surface area (Å²) in [6, 6.07) is 7.23. The fourth-order valence-electron chi connectivity index (χ4n) is 4.61. The molecule has 1 unspecified atom stereocenters. The van der Waals surface area contributed by atoms with Gasteiger partial charge in [0.1, 0.15) is 0 Å². The zero-order valence-corrected chi connectivity index (χ0v) is 16.0. The SMILES string of the molecule is CCOC(=O)c1nc2ccccc2n(C2C[C@H]3CC[C@@H](C2)N3C(=O)OC)c1=O. The van der Waals surface area contributed by atoms with E-state index in [1.165, 1.54) is 7.11 Å². The summed E-state index contributed by atoms with van der Waals surface area (Å²) >= 11 is 0. The Hall–Kier alpha value is -2.90. The summed E-state index contributed by atoms with van der Waals surface area (Å²) in [5, 5.41) is 0. The van der Waals surface area contributed by atoms with E-state index in [0.29, 0.717) is 23.9 Å². The van der Waals surface area contributed by atoms with E-state index < -0.39 is 11.5 Å². The van der Waals surface area contributed by atoms with Crippen molar-refractivity contribution in [3.05, 3.63) is 40.3 Å². The molecule has 0 radical (unpaired) electrons. The molecule has 0 aliphatic carbocycles. The Labute approximate surface area is 162 Å². The van der Waals surface area contributed by atoms with Crippen LogP contribution in [0, 0.1) is 0 Å². The smallest absolute Gasteiger partial charge is 0.409 e. The molecule has 2 saturated heterocycles. The number of methoxy groups -OCH3 is 1. The molecule has 8 nitrogen and oxygen atoms in total. The topological polar surface area (TPSA) is 90.7 Å². The number of aromatic nitrogens is 2. The Morgan fingerprint density at radius 3 is 2.46 bits per heavy atom. The predicted molar refractivity (Wildman–Crippen MR) is 101 cm³/mol. The van der Waals surface area contributed by atoms with Crippen LogP contribution in [-0.4, -0.2) is 52.3 Å². The van der Waals surface area contributed by atoms with Gasteiger partial charge in [0, 0.05) is 18.1 Å². The molecule has 1 aromatic carbocycles. The molecule has 0 saturated carbocycles. The van der Waals surface area contributed by atoms with Crippen LogP contribution in [-0.2, 0) is 9.47 Å². The van der Waals surface area contributed by atoms with E-state index in [0.717, 1.165) is 12.8 Å². The number of carbonyl (C=O) groups is 2.